The Morgan fingerprint density at radius 1 is 0.511 bits per heavy atom. The normalized spacial score (nSPS) is 25.3. The van der Waals surface area contributed by atoms with E-state index in [1.54, 1.807) is 12.1 Å². The maximum Gasteiger partial charge on any atom is 0.239 e. The Bertz CT molecular complexity index is 1930. The number of nitrogens with zero attached hydrogens (tertiary/aromatic N) is 1. The minimum absolute atomic E-state index is 0.163. The summed E-state index contributed by atoms with van der Waals surface area (Å²) >= 11 is 12.9. The fraction of sp³-hybridized carbons (Fsp3) is 0.103. The van der Waals surface area contributed by atoms with Crippen molar-refractivity contribution in [3.63, 3.8) is 0 Å². The molecule has 8 rings (SSSR count). The molecule has 0 spiro atoms. The van der Waals surface area contributed by atoms with Crippen LogP contribution >= 0.6 is 23.2 Å². The van der Waals surface area contributed by atoms with Gasteiger partial charge in [0.25, 0.3) is 0 Å². The Morgan fingerprint density at radius 3 is 1.31 bits per heavy atom. The summed E-state index contributed by atoms with van der Waals surface area (Å²) in [5, 5.41) is 0.573. The van der Waals surface area contributed by atoms with Gasteiger partial charge in [0.05, 0.1) is 33.4 Å². The van der Waals surface area contributed by atoms with Crippen LogP contribution in [0.4, 0.5) is 5.69 Å². The highest BCUT2D eigenvalue weighted by Gasteiger charge is 2.82. The first-order chi connectivity index (χ1) is 21.9. The van der Waals surface area contributed by atoms with E-state index in [4.69, 9.17) is 23.2 Å². The molecule has 0 radical (unpaired) electrons. The van der Waals surface area contributed by atoms with E-state index in [9.17, 15) is 9.59 Å². The molecule has 1 saturated heterocycles. The lowest BCUT2D eigenvalue weighted by atomic mass is 9.59. The molecule has 6 heteroatoms. The monoisotopic (exact) mass is 625 g/mol. The van der Waals surface area contributed by atoms with E-state index in [0.717, 1.165) is 22.3 Å². The number of carbonyl (C=O) groups is 3. The predicted molar refractivity (Wildman–Crippen MR) is 177 cm³/mol. The van der Waals surface area contributed by atoms with Crippen molar-refractivity contribution >= 4 is 57.6 Å². The van der Waals surface area contributed by atoms with Gasteiger partial charge in [-0.05, 0) is 51.6 Å². The van der Waals surface area contributed by atoms with Gasteiger partial charge in [-0.3, -0.25) is 14.4 Å². The van der Waals surface area contributed by atoms with Crippen LogP contribution < -0.4 is 4.90 Å². The summed E-state index contributed by atoms with van der Waals surface area (Å²) in [5.41, 5.74) is 1.84. The zero-order valence-corrected chi connectivity index (χ0v) is 25.4. The highest BCUT2D eigenvalue weighted by atomic mass is 35.5. The van der Waals surface area contributed by atoms with Crippen LogP contribution in [0, 0.1) is 11.8 Å². The predicted octanol–water partition coefficient (Wildman–Crippen LogP) is 8.18. The molecule has 1 aliphatic heterocycles. The molecular weight excluding hydrogens is 601 g/mol. The van der Waals surface area contributed by atoms with E-state index >= 15 is 4.79 Å². The molecule has 5 aromatic rings. The van der Waals surface area contributed by atoms with Crippen molar-refractivity contribution in [3.8, 4) is 0 Å². The topological polar surface area (TPSA) is 54.5 Å². The third kappa shape index (κ3) is 3.52. The fourth-order valence-electron chi connectivity index (χ4n) is 8.23. The second kappa shape index (κ2) is 10.1. The maximum absolute atomic E-state index is 15.8. The van der Waals surface area contributed by atoms with Crippen LogP contribution in [0.25, 0.3) is 11.1 Å². The van der Waals surface area contributed by atoms with Crippen LogP contribution in [0.5, 0.6) is 0 Å². The van der Waals surface area contributed by atoms with Gasteiger partial charge in [0.2, 0.25) is 11.8 Å². The molecular formula is C39H25Cl2NO3. The van der Waals surface area contributed by atoms with Crippen LogP contribution in [0.3, 0.4) is 0 Å². The van der Waals surface area contributed by atoms with E-state index in [0.29, 0.717) is 16.1 Å². The number of anilines is 1. The molecule has 0 aromatic heterocycles. The molecule has 1 heterocycles. The van der Waals surface area contributed by atoms with E-state index in [-0.39, 0.29) is 16.5 Å². The van der Waals surface area contributed by atoms with Crippen LogP contribution in [0.2, 0.25) is 10.0 Å². The summed E-state index contributed by atoms with van der Waals surface area (Å²) in [6, 6.07) is 43.2. The number of imide groups is 1. The minimum Gasteiger partial charge on any atom is -0.297 e. The van der Waals surface area contributed by atoms with Crippen molar-refractivity contribution in [2.45, 2.75) is 10.8 Å². The van der Waals surface area contributed by atoms with Crippen molar-refractivity contribution in [3.05, 3.63) is 172 Å². The Labute approximate surface area is 270 Å². The highest BCUT2D eigenvalue weighted by Crippen LogP contribution is 2.74. The number of rotatable bonds is 5. The van der Waals surface area contributed by atoms with Crippen LogP contribution in [-0.4, -0.2) is 17.6 Å². The minimum atomic E-state index is -1.46. The number of hydrogen-bond acceptors (Lipinski definition) is 3. The molecule has 0 N–H and O–H groups in total. The molecule has 3 aliphatic rings. The Morgan fingerprint density at radius 2 is 0.911 bits per heavy atom. The van der Waals surface area contributed by atoms with Gasteiger partial charge in [0, 0.05) is 5.02 Å². The quantitative estimate of drug-likeness (QED) is 0.185. The largest absolute Gasteiger partial charge is 0.297 e. The van der Waals surface area contributed by atoms with Crippen molar-refractivity contribution in [1.82, 2.24) is 0 Å². The molecule has 2 fully saturated rings. The third-order valence-corrected chi connectivity index (χ3v) is 10.3. The van der Waals surface area contributed by atoms with Gasteiger partial charge in [-0.1, -0.05) is 145 Å². The lowest BCUT2D eigenvalue weighted by Crippen LogP contribution is -2.45. The SMILES string of the molecule is O=C1[C@@H]2[C@@H](C(=O)N1c1ccc(Cl)cc1Cl)[C@@]1(c3ccccc3)C(=O)[C@@]2(c2ccccc2)C(c2ccccc2)=C1c1ccccc1. The van der Waals surface area contributed by atoms with E-state index in [2.05, 4.69) is 0 Å². The number of ketones is 1. The lowest BCUT2D eigenvalue weighted by Gasteiger charge is -2.39. The number of halogens is 2. The van der Waals surface area contributed by atoms with Crippen molar-refractivity contribution in [2.24, 2.45) is 11.8 Å². The van der Waals surface area contributed by atoms with Gasteiger partial charge in [-0.25, -0.2) is 4.90 Å². The maximum atomic E-state index is 15.8. The molecule has 218 valence electrons. The molecule has 5 aromatic carbocycles. The van der Waals surface area contributed by atoms with Crippen LogP contribution in [0.1, 0.15) is 22.3 Å². The van der Waals surface area contributed by atoms with Crippen LogP contribution in [0.15, 0.2) is 140 Å². The summed E-state index contributed by atoms with van der Waals surface area (Å²) in [7, 11) is 0. The van der Waals surface area contributed by atoms with Gasteiger partial charge in [0.15, 0.2) is 5.78 Å². The number of carbonyl (C=O) groups excluding carboxylic acids is 3. The Kier molecular flexibility index (Phi) is 6.25. The fourth-order valence-corrected chi connectivity index (χ4v) is 8.73. The van der Waals surface area contributed by atoms with Crippen LogP contribution in [-0.2, 0) is 25.2 Å². The van der Waals surface area contributed by atoms with Gasteiger partial charge >= 0.3 is 0 Å². The number of allylic oxidation sites excluding steroid dienone is 2. The number of benzene rings is 5. The number of amides is 2. The highest BCUT2D eigenvalue weighted by molar-refractivity contribution is 6.42. The second-order valence-corrected chi connectivity index (χ2v) is 12.6. The molecule has 2 bridgehead atoms. The molecule has 2 aliphatic carbocycles. The van der Waals surface area contributed by atoms with Gasteiger partial charge in [-0.2, -0.15) is 0 Å². The molecule has 1 saturated carbocycles. The Balaban J connectivity index is 1.55. The van der Waals surface area contributed by atoms with E-state index in [1.165, 1.54) is 11.0 Å². The summed E-state index contributed by atoms with van der Waals surface area (Å²) in [6.45, 7) is 0. The molecule has 4 atom stereocenters. The molecule has 0 unspecified atom stereocenters. The number of fused-ring (bicyclic) bond motifs is 5. The second-order valence-electron chi connectivity index (χ2n) is 11.7. The molecule has 45 heavy (non-hydrogen) atoms. The van der Waals surface area contributed by atoms with E-state index in [1.807, 2.05) is 121 Å². The summed E-state index contributed by atoms with van der Waals surface area (Å²) in [5.74, 6) is -3.11. The first kappa shape index (κ1) is 27.8. The van der Waals surface area contributed by atoms with Gasteiger partial charge in [-0.15, -0.1) is 0 Å². The van der Waals surface area contributed by atoms with Crippen molar-refractivity contribution < 1.29 is 14.4 Å². The standard InChI is InChI=1S/C39H25Cl2NO3/c40-28-21-22-30(29(41)23-28)42-35(43)33-34(36(42)44)39(27-19-11-4-12-20-27)32(25-15-7-2-8-16-25)31(24-13-5-1-6-14-24)38(33,37(39)45)26-17-9-3-10-18-26/h1-23,33-34H/t33-,34-,38-,39-/m0/s1. The smallest absolute Gasteiger partial charge is 0.239 e. The summed E-state index contributed by atoms with van der Waals surface area (Å²) in [6.07, 6.45) is 0. The Hall–Kier alpha value is -4.77. The molecule has 4 nitrogen and oxygen atoms in total. The van der Waals surface area contributed by atoms with Crippen molar-refractivity contribution in [2.75, 3.05) is 4.90 Å². The average Bonchev–Trinajstić information content (AvgIpc) is 3.58. The molecule has 2 amide bonds. The zero-order valence-electron chi connectivity index (χ0n) is 23.9. The first-order valence-electron chi connectivity index (χ1n) is 14.8. The third-order valence-electron chi connectivity index (χ3n) is 9.73. The number of hydrogen-bond donors (Lipinski definition) is 0. The summed E-state index contributed by atoms with van der Waals surface area (Å²) in [4.78, 5) is 47.0. The average molecular weight is 627 g/mol. The van der Waals surface area contributed by atoms with Gasteiger partial charge in [0.1, 0.15) is 0 Å². The zero-order chi connectivity index (χ0) is 30.9. The van der Waals surface area contributed by atoms with Crippen molar-refractivity contribution in [1.29, 1.82) is 0 Å². The van der Waals surface area contributed by atoms with E-state index < -0.39 is 34.5 Å². The number of Topliss-reactive ketones (excluding diaryl/α,β-unsaturated/α-hetero) is 1. The van der Waals surface area contributed by atoms with Gasteiger partial charge < -0.3 is 0 Å². The summed E-state index contributed by atoms with van der Waals surface area (Å²) < 4.78 is 0. The lowest BCUT2D eigenvalue weighted by molar-refractivity contribution is -0.130. The first-order valence-corrected chi connectivity index (χ1v) is 15.5.